The molecule has 3 aromatic rings. The number of carbonyl (C=O) groups excluding carboxylic acids is 1. The summed E-state index contributed by atoms with van der Waals surface area (Å²) in [5, 5.41) is 9.07. The van der Waals surface area contributed by atoms with Crippen LogP contribution >= 0.6 is 11.3 Å². The van der Waals surface area contributed by atoms with Gasteiger partial charge in [0, 0.05) is 25.0 Å². The Bertz CT molecular complexity index is 1080. The Balaban J connectivity index is 1.26. The number of hydrogen-bond acceptors (Lipinski definition) is 6. The fourth-order valence-electron chi connectivity index (χ4n) is 4.86. The summed E-state index contributed by atoms with van der Waals surface area (Å²) in [4.78, 5) is 19.9. The number of anilines is 1. The Kier molecular flexibility index (Phi) is 6.04. The van der Waals surface area contributed by atoms with Gasteiger partial charge in [-0.2, -0.15) is 10.1 Å². The molecule has 2 fully saturated rings. The summed E-state index contributed by atoms with van der Waals surface area (Å²) in [7, 11) is 1.67. The van der Waals surface area contributed by atoms with Crippen molar-refractivity contribution in [2.24, 2.45) is 5.92 Å². The zero-order valence-corrected chi connectivity index (χ0v) is 19.7. The molecule has 0 atom stereocenters. The number of ether oxygens (including phenoxy) is 1. The van der Waals surface area contributed by atoms with Gasteiger partial charge in [0.2, 0.25) is 5.91 Å². The Hall–Kier alpha value is -2.61. The van der Waals surface area contributed by atoms with Crippen molar-refractivity contribution >= 4 is 32.7 Å². The molecule has 0 spiro atoms. The van der Waals surface area contributed by atoms with E-state index in [0.717, 1.165) is 71.4 Å². The largest absolute Gasteiger partial charge is 0.497 e. The topological polar surface area (TPSA) is 72.3 Å². The molecule has 0 unspecified atom stereocenters. The van der Waals surface area contributed by atoms with E-state index in [0.29, 0.717) is 0 Å². The van der Waals surface area contributed by atoms with Crippen molar-refractivity contribution in [3.05, 3.63) is 30.0 Å². The number of fused-ring (bicyclic) bond motifs is 1. The van der Waals surface area contributed by atoms with Crippen LogP contribution in [0.2, 0.25) is 0 Å². The first-order valence-electron chi connectivity index (χ1n) is 11.7. The molecule has 1 amide bonds. The van der Waals surface area contributed by atoms with Crippen LogP contribution in [0.4, 0.5) is 5.13 Å². The Morgan fingerprint density at radius 2 is 1.81 bits per heavy atom. The van der Waals surface area contributed by atoms with Gasteiger partial charge in [-0.05, 0) is 56.9 Å². The number of rotatable bonds is 5. The average Bonchev–Trinajstić information content (AvgIpc) is 3.41. The third-order valence-corrected chi connectivity index (χ3v) is 8.00. The van der Waals surface area contributed by atoms with Gasteiger partial charge in [-0.25, -0.2) is 4.68 Å². The maximum absolute atomic E-state index is 12.6. The van der Waals surface area contributed by atoms with Crippen molar-refractivity contribution in [3.8, 4) is 11.4 Å². The van der Waals surface area contributed by atoms with Crippen LogP contribution in [-0.2, 0) is 4.79 Å². The number of amides is 1. The molecular formula is C24H31N5O2S. The number of aromatic nitrogens is 3. The lowest BCUT2D eigenvalue weighted by Gasteiger charge is -2.33. The van der Waals surface area contributed by atoms with Gasteiger partial charge in [-0.15, -0.1) is 0 Å². The van der Waals surface area contributed by atoms with Gasteiger partial charge in [0.1, 0.15) is 5.75 Å². The minimum absolute atomic E-state index is 0.231. The number of carbonyl (C=O) groups is 1. The highest BCUT2D eigenvalue weighted by molar-refractivity contribution is 7.22. The molecule has 1 saturated carbocycles. The number of methoxy groups -OCH3 is 1. The predicted octanol–water partition coefficient (Wildman–Crippen LogP) is 4.46. The maximum Gasteiger partial charge on any atom is 0.223 e. The zero-order valence-electron chi connectivity index (χ0n) is 18.8. The third kappa shape index (κ3) is 4.20. The first kappa shape index (κ1) is 21.2. The summed E-state index contributed by atoms with van der Waals surface area (Å²) >= 11 is 1.71. The Labute approximate surface area is 192 Å². The van der Waals surface area contributed by atoms with Crippen molar-refractivity contribution in [1.29, 1.82) is 0 Å². The van der Waals surface area contributed by atoms with Gasteiger partial charge >= 0.3 is 0 Å². The van der Waals surface area contributed by atoms with Gasteiger partial charge in [0.25, 0.3) is 0 Å². The van der Waals surface area contributed by atoms with E-state index in [2.05, 4.69) is 10.2 Å². The highest BCUT2D eigenvalue weighted by Crippen LogP contribution is 2.34. The summed E-state index contributed by atoms with van der Waals surface area (Å²) in [6.45, 7) is 3.87. The number of hydrogen-bond donors (Lipinski definition) is 1. The zero-order chi connectivity index (χ0) is 22.1. The van der Waals surface area contributed by atoms with E-state index in [1.54, 1.807) is 18.4 Å². The molecule has 1 saturated heterocycles. The summed E-state index contributed by atoms with van der Waals surface area (Å²) < 4.78 is 8.32. The molecule has 1 aliphatic heterocycles. The van der Waals surface area contributed by atoms with Crippen LogP contribution < -0.4 is 15.0 Å². The van der Waals surface area contributed by atoms with E-state index in [1.807, 2.05) is 35.9 Å². The first-order chi connectivity index (χ1) is 15.6. The van der Waals surface area contributed by atoms with Crippen molar-refractivity contribution in [3.63, 3.8) is 0 Å². The van der Waals surface area contributed by atoms with E-state index >= 15 is 0 Å². The Morgan fingerprint density at radius 3 is 2.50 bits per heavy atom. The Morgan fingerprint density at radius 1 is 1.09 bits per heavy atom. The molecule has 1 N–H and O–H groups in total. The molecule has 170 valence electrons. The summed E-state index contributed by atoms with van der Waals surface area (Å²) in [5.74, 6) is 1.33. The fourth-order valence-corrected chi connectivity index (χ4v) is 5.90. The van der Waals surface area contributed by atoms with Gasteiger partial charge in [-0.1, -0.05) is 30.6 Å². The van der Waals surface area contributed by atoms with Gasteiger partial charge in [0.15, 0.2) is 10.8 Å². The van der Waals surface area contributed by atoms with Crippen molar-refractivity contribution in [2.75, 3.05) is 25.1 Å². The average molecular weight is 454 g/mol. The van der Waals surface area contributed by atoms with Crippen molar-refractivity contribution in [1.82, 2.24) is 20.1 Å². The molecule has 7 nitrogen and oxygen atoms in total. The standard InChI is InChI=1S/C24H31N5O2S/c1-16-21-22(29(27-16)19-8-10-20(31-2)11-9-19)26-24(32-21)28-14-12-18(13-15-28)25-23(30)17-6-4-3-5-7-17/h8-11,17-18H,3-7,12-15H2,1-2H3,(H,25,30). The van der Waals surface area contributed by atoms with Gasteiger partial charge < -0.3 is 15.0 Å². The molecule has 3 heterocycles. The molecule has 5 rings (SSSR count). The van der Waals surface area contributed by atoms with E-state index in [4.69, 9.17) is 14.8 Å². The third-order valence-electron chi connectivity index (χ3n) is 6.78. The molecule has 2 aliphatic rings. The number of piperidine rings is 1. The quantitative estimate of drug-likeness (QED) is 0.617. The summed E-state index contributed by atoms with van der Waals surface area (Å²) in [6.07, 6.45) is 7.72. The molecule has 8 heteroatoms. The van der Waals surface area contributed by atoms with Crippen molar-refractivity contribution < 1.29 is 9.53 Å². The second-order valence-corrected chi connectivity index (χ2v) is 9.93. The first-order valence-corrected chi connectivity index (χ1v) is 12.5. The molecule has 0 radical (unpaired) electrons. The second kappa shape index (κ2) is 9.10. The van der Waals surface area contributed by atoms with Crippen LogP contribution in [0.5, 0.6) is 5.75 Å². The molecule has 0 bridgehead atoms. The van der Waals surface area contributed by atoms with E-state index in [-0.39, 0.29) is 17.9 Å². The van der Waals surface area contributed by atoms with Crippen LogP contribution in [0.15, 0.2) is 24.3 Å². The van der Waals surface area contributed by atoms with E-state index < -0.39 is 0 Å². The molecule has 32 heavy (non-hydrogen) atoms. The number of thiazole rings is 1. The molecule has 1 aromatic carbocycles. The number of nitrogens with zero attached hydrogens (tertiary/aromatic N) is 4. The summed E-state index contributed by atoms with van der Waals surface area (Å²) in [6, 6.07) is 8.18. The van der Waals surface area contributed by atoms with Gasteiger partial charge in [-0.3, -0.25) is 4.79 Å². The van der Waals surface area contributed by atoms with Crippen LogP contribution in [-0.4, -0.2) is 46.9 Å². The van der Waals surface area contributed by atoms with Gasteiger partial charge in [0.05, 0.1) is 23.2 Å². The van der Waals surface area contributed by atoms with Crippen LogP contribution in [0.25, 0.3) is 16.0 Å². The molecule has 2 aromatic heterocycles. The SMILES string of the molecule is COc1ccc(-n2nc(C)c3sc(N4CCC(NC(=O)C5CCCCC5)CC4)nc32)cc1. The fraction of sp³-hybridized carbons (Fsp3) is 0.542. The lowest BCUT2D eigenvalue weighted by Crippen LogP contribution is -2.46. The monoisotopic (exact) mass is 453 g/mol. The minimum Gasteiger partial charge on any atom is -0.497 e. The lowest BCUT2D eigenvalue weighted by molar-refractivity contribution is -0.126. The second-order valence-electron chi connectivity index (χ2n) is 8.95. The van der Waals surface area contributed by atoms with E-state index in [1.165, 1.54) is 19.3 Å². The maximum atomic E-state index is 12.6. The lowest BCUT2D eigenvalue weighted by atomic mass is 9.88. The predicted molar refractivity (Wildman–Crippen MR) is 128 cm³/mol. The van der Waals surface area contributed by atoms with Crippen LogP contribution in [0, 0.1) is 12.8 Å². The summed E-state index contributed by atoms with van der Waals surface area (Å²) in [5.41, 5.74) is 2.87. The normalized spacial score (nSPS) is 18.2. The number of nitrogens with one attached hydrogen (secondary N) is 1. The minimum atomic E-state index is 0.231. The number of benzene rings is 1. The highest BCUT2D eigenvalue weighted by Gasteiger charge is 2.27. The molecule has 1 aliphatic carbocycles. The van der Waals surface area contributed by atoms with E-state index in [9.17, 15) is 4.79 Å². The van der Waals surface area contributed by atoms with Crippen molar-refractivity contribution in [2.45, 2.75) is 57.9 Å². The number of aryl methyl sites for hydroxylation is 1. The van der Waals surface area contributed by atoms with Crippen LogP contribution in [0.1, 0.15) is 50.6 Å². The molecular weight excluding hydrogens is 422 g/mol. The van der Waals surface area contributed by atoms with Crippen LogP contribution in [0.3, 0.4) is 0 Å². The smallest absolute Gasteiger partial charge is 0.223 e. The highest BCUT2D eigenvalue weighted by atomic mass is 32.1.